The van der Waals surface area contributed by atoms with Crippen LogP contribution in [0.3, 0.4) is 0 Å². The van der Waals surface area contributed by atoms with Gasteiger partial charge in [-0.2, -0.15) is 0 Å². The zero-order valence-corrected chi connectivity index (χ0v) is 15.4. The molecule has 140 valence electrons. The Morgan fingerprint density at radius 3 is 2.74 bits per heavy atom. The molecule has 0 bridgehead atoms. The molecule has 3 heterocycles. The van der Waals surface area contributed by atoms with Crippen molar-refractivity contribution in [1.82, 2.24) is 4.90 Å². The van der Waals surface area contributed by atoms with E-state index in [1.807, 2.05) is 22.4 Å². The number of carbonyl (C=O) groups is 2. The van der Waals surface area contributed by atoms with Gasteiger partial charge < -0.3 is 10.0 Å². The van der Waals surface area contributed by atoms with Gasteiger partial charge in [0.05, 0.1) is 11.3 Å². The van der Waals surface area contributed by atoms with Gasteiger partial charge in [0.1, 0.15) is 11.5 Å². The molecule has 1 aromatic carbocycles. The van der Waals surface area contributed by atoms with Crippen LogP contribution in [-0.4, -0.2) is 41.5 Å². The van der Waals surface area contributed by atoms with Crippen molar-refractivity contribution in [2.24, 2.45) is 5.92 Å². The van der Waals surface area contributed by atoms with Gasteiger partial charge >= 0.3 is 0 Å². The van der Waals surface area contributed by atoms with Crippen molar-refractivity contribution >= 4 is 34.4 Å². The highest BCUT2D eigenvalue weighted by atomic mass is 32.1. The lowest BCUT2D eigenvalue weighted by molar-refractivity contribution is -0.120. The second kappa shape index (κ2) is 7.25. The van der Waals surface area contributed by atoms with Gasteiger partial charge in [0.25, 0.3) is 11.8 Å². The second-order valence-electron chi connectivity index (χ2n) is 6.76. The third kappa shape index (κ3) is 3.17. The molecule has 4 rings (SSSR count). The third-order valence-corrected chi connectivity index (χ3v) is 5.87. The largest absolute Gasteiger partial charge is 0.396 e. The Balaban J connectivity index is 1.79. The summed E-state index contributed by atoms with van der Waals surface area (Å²) in [4.78, 5) is 30.1. The normalized spacial score (nSPS) is 20.7. The monoisotopic (exact) mass is 386 g/mol. The van der Waals surface area contributed by atoms with Crippen LogP contribution < -0.4 is 4.90 Å². The highest BCUT2D eigenvalue weighted by molar-refractivity contribution is 7.11. The van der Waals surface area contributed by atoms with Crippen molar-refractivity contribution < 1.29 is 19.1 Å². The summed E-state index contributed by atoms with van der Waals surface area (Å²) in [5, 5.41) is 11.4. The summed E-state index contributed by atoms with van der Waals surface area (Å²) in [6, 6.07) is 9.15. The molecule has 7 heteroatoms. The van der Waals surface area contributed by atoms with E-state index in [0.717, 1.165) is 17.7 Å². The van der Waals surface area contributed by atoms with Gasteiger partial charge in [0.2, 0.25) is 0 Å². The van der Waals surface area contributed by atoms with Crippen LogP contribution in [0.1, 0.15) is 17.7 Å². The predicted molar refractivity (Wildman–Crippen MR) is 102 cm³/mol. The van der Waals surface area contributed by atoms with Crippen molar-refractivity contribution in [1.29, 1.82) is 0 Å². The first-order chi connectivity index (χ1) is 13.1. The van der Waals surface area contributed by atoms with E-state index in [1.165, 1.54) is 29.5 Å². The van der Waals surface area contributed by atoms with Gasteiger partial charge in [-0.05, 0) is 48.4 Å². The van der Waals surface area contributed by atoms with E-state index in [0.29, 0.717) is 29.2 Å². The number of halogens is 1. The van der Waals surface area contributed by atoms with Gasteiger partial charge in [0.15, 0.2) is 0 Å². The number of imide groups is 1. The average molecular weight is 386 g/mol. The lowest BCUT2D eigenvalue weighted by Gasteiger charge is -2.34. The summed E-state index contributed by atoms with van der Waals surface area (Å²) in [6.45, 7) is 1.22. The van der Waals surface area contributed by atoms with E-state index in [2.05, 4.69) is 0 Å². The zero-order chi connectivity index (χ0) is 19.0. The van der Waals surface area contributed by atoms with E-state index in [9.17, 15) is 19.1 Å². The van der Waals surface area contributed by atoms with Gasteiger partial charge in [0, 0.05) is 24.6 Å². The lowest BCUT2D eigenvalue weighted by atomic mass is 9.98. The first-order valence-corrected chi connectivity index (χ1v) is 9.76. The molecule has 2 aromatic rings. The maximum atomic E-state index is 13.7. The van der Waals surface area contributed by atoms with Crippen LogP contribution in [0.4, 0.5) is 10.1 Å². The highest BCUT2D eigenvalue weighted by Gasteiger charge is 2.43. The number of anilines is 1. The summed E-state index contributed by atoms with van der Waals surface area (Å²) in [5.74, 6) is -1.30. The van der Waals surface area contributed by atoms with Crippen LogP contribution in [0.15, 0.2) is 47.5 Å². The number of rotatable bonds is 4. The average Bonchev–Trinajstić information content (AvgIpc) is 3.28. The number of hydrogen-bond donors (Lipinski definition) is 1. The maximum Gasteiger partial charge on any atom is 0.282 e. The molecule has 0 aliphatic carbocycles. The van der Waals surface area contributed by atoms with Crippen LogP contribution in [0, 0.1) is 11.7 Å². The van der Waals surface area contributed by atoms with Crippen LogP contribution in [-0.2, 0) is 9.59 Å². The number of benzene rings is 1. The Labute approximate surface area is 160 Å². The van der Waals surface area contributed by atoms with Gasteiger partial charge in [-0.1, -0.05) is 12.1 Å². The molecule has 1 aromatic heterocycles. The van der Waals surface area contributed by atoms with E-state index in [4.69, 9.17) is 0 Å². The SMILES string of the molecule is O=C1C(c2cccs2)=C(N2CCCC(CO)C2)C(=O)N1c1cccc(F)c1. The van der Waals surface area contributed by atoms with Crippen molar-refractivity contribution in [3.8, 4) is 0 Å². The summed E-state index contributed by atoms with van der Waals surface area (Å²) in [6.07, 6.45) is 1.73. The van der Waals surface area contributed by atoms with Crippen LogP contribution >= 0.6 is 11.3 Å². The van der Waals surface area contributed by atoms with Crippen molar-refractivity contribution in [2.45, 2.75) is 12.8 Å². The third-order valence-electron chi connectivity index (χ3n) is 4.99. The molecular formula is C20H19FN2O3S. The number of hydrogen-bond acceptors (Lipinski definition) is 5. The molecule has 1 fully saturated rings. The van der Waals surface area contributed by atoms with Gasteiger partial charge in [-0.25, -0.2) is 9.29 Å². The minimum atomic E-state index is -0.502. The number of likely N-dealkylation sites (tertiary alicyclic amines) is 1. The Kier molecular flexibility index (Phi) is 4.80. The van der Waals surface area contributed by atoms with Crippen molar-refractivity contribution in [2.75, 3.05) is 24.6 Å². The minimum Gasteiger partial charge on any atom is -0.396 e. The molecule has 5 nitrogen and oxygen atoms in total. The first-order valence-electron chi connectivity index (χ1n) is 8.88. The molecule has 1 atom stereocenters. The van der Waals surface area contributed by atoms with Crippen LogP contribution in [0.2, 0.25) is 0 Å². The van der Waals surface area contributed by atoms with Crippen LogP contribution in [0.25, 0.3) is 5.57 Å². The van der Waals surface area contributed by atoms with E-state index >= 15 is 0 Å². The lowest BCUT2D eigenvalue weighted by Crippen LogP contribution is -2.40. The fraction of sp³-hybridized carbons (Fsp3) is 0.300. The number of aliphatic hydroxyl groups excluding tert-OH is 1. The molecule has 1 saturated heterocycles. The Hall–Kier alpha value is -2.51. The molecule has 1 unspecified atom stereocenters. The molecule has 0 saturated carbocycles. The minimum absolute atomic E-state index is 0.0495. The molecule has 1 N–H and O–H groups in total. The number of thiophene rings is 1. The molecular weight excluding hydrogens is 367 g/mol. The molecule has 2 aliphatic heterocycles. The first kappa shape index (κ1) is 17.9. The van der Waals surface area contributed by atoms with Gasteiger partial charge in [-0.3, -0.25) is 9.59 Å². The number of amides is 2. The summed E-state index contributed by atoms with van der Waals surface area (Å²) < 4.78 is 13.7. The van der Waals surface area contributed by atoms with Crippen molar-refractivity contribution in [3.63, 3.8) is 0 Å². The zero-order valence-electron chi connectivity index (χ0n) is 14.6. The summed E-state index contributed by atoms with van der Waals surface area (Å²) in [7, 11) is 0. The Morgan fingerprint density at radius 2 is 2.04 bits per heavy atom. The van der Waals surface area contributed by atoms with E-state index in [-0.39, 0.29) is 18.2 Å². The topological polar surface area (TPSA) is 60.9 Å². The number of piperidine rings is 1. The Morgan fingerprint density at radius 1 is 1.19 bits per heavy atom. The highest BCUT2D eigenvalue weighted by Crippen LogP contribution is 2.37. The fourth-order valence-corrected chi connectivity index (χ4v) is 4.48. The molecule has 27 heavy (non-hydrogen) atoms. The number of nitrogens with zero attached hydrogens (tertiary/aromatic N) is 2. The van der Waals surface area contributed by atoms with Gasteiger partial charge in [-0.15, -0.1) is 11.3 Å². The maximum absolute atomic E-state index is 13.7. The second-order valence-corrected chi connectivity index (χ2v) is 7.71. The molecule has 0 spiro atoms. The Bertz CT molecular complexity index is 910. The number of carbonyl (C=O) groups excluding carboxylic acids is 2. The molecule has 2 amide bonds. The van der Waals surface area contributed by atoms with Crippen LogP contribution in [0.5, 0.6) is 0 Å². The summed E-state index contributed by atoms with van der Waals surface area (Å²) in [5.41, 5.74) is 0.937. The van der Waals surface area contributed by atoms with E-state index < -0.39 is 17.6 Å². The smallest absolute Gasteiger partial charge is 0.282 e. The fourth-order valence-electron chi connectivity index (χ4n) is 3.72. The van der Waals surface area contributed by atoms with Crippen molar-refractivity contribution in [3.05, 3.63) is 58.2 Å². The predicted octanol–water partition coefficient (Wildman–Crippen LogP) is 2.88. The number of aliphatic hydroxyl groups is 1. The summed E-state index contributed by atoms with van der Waals surface area (Å²) >= 11 is 1.39. The quantitative estimate of drug-likeness (QED) is 0.821. The standard InChI is InChI=1S/C20H19FN2O3S/c21-14-5-1-6-15(10-14)23-19(25)17(16-7-3-9-27-16)18(20(23)26)22-8-2-4-13(11-22)12-24/h1,3,5-7,9-10,13,24H,2,4,8,11-12H2. The molecule has 0 radical (unpaired) electrons. The van der Waals surface area contributed by atoms with E-state index in [1.54, 1.807) is 6.07 Å². The molecule has 2 aliphatic rings.